The van der Waals surface area contributed by atoms with Gasteiger partial charge in [-0.2, -0.15) is 11.3 Å². The van der Waals surface area contributed by atoms with Crippen molar-refractivity contribution in [3.63, 3.8) is 0 Å². The highest BCUT2D eigenvalue weighted by atomic mass is 35.5. The fourth-order valence-corrected chi connectivity index (χ4v) is 4.67. The average Bonchev–Trinajstić information content (AvgIpc) is 2.92. The number of nitrogens with one attached hydrogen (secondary N) is 1. The van der Waals surface area contributed by atoms with Crippen molar-refractivity contribution in [1.29, 1.82) is 0 Å². The van der Waals surface area contributed by atoms with E-state index in [0.29, 0.717) is 12.1 Å². The molecule has 20 heavy (non-hydrogen) atoms. The quantitative estimate of drug-likeness (QED) is 0.834. The number of hydrogen-bond donors (Lipinski definition) is 1. The molecule has 2 unspecified atom stereocenters. The Balaban J connectivity index is 1.71. The third kappa shape index (κ3) is 3.40. The number of fused-ring (bicyclic) bond motifs is 1. The summed E-state index contributed by atoms with van der Waals surface area (Å²) >= 11 is 9.86. The Morgan fingerprint density at radius 3 is 3.10 bits per heavy atom. The molecular formula is C16H18ClNS2. The van der Waals surface area contributed by atoms with Crippen molar-refractivity contribution in [3.8, 4) is 0 Å². The van der Waals surface area contributed by atoms with Crippen molar-refractivity contribution in [1.82, 2.24) is 5.32 Å². The normalized spacial score (nSPS) is 19.6. The molecule has 0 bridgehead atoms. The molecule has 2 atom stereocenters. The summed E-state index contributed by atoms with van der Waals surface area (Å²) in [6.07, 6.45) is 2.26. The van der Waals surface area contributed by atoms with Gasteiger partial charge in [0, 0.05) is 22.0 Å². The van der Waals surface area contributed by atoms with Gasteiger partial charge in [0.25, 0.3) is 0 Å². The summed E-state index contributed by atoms with van der Waals surface area (Å²) < 4.78 is 0. The molecule has 1 N–H and O–H groups in total. The summed E-state index contributed by atoms with van der Waals surface area (Å²) in [6.45, 7) is 2.27. The Bertz CT molecular complexity index is 568. The molecular weight excluding hydrogens is 306 g/mol. The number of hydrogen-bond acceptors (Lipinski definition) is 3. The van der Waals surface area contributed by atoms with Gasteiger partial charge in [0.15, 0.2) is 0 Å². The van der Waals surface area contributed by atoms with Crippen molar-refractivity contribution < 1.29 is 0 Å². The van der Waals surface area contributed by atoms with E-state index < -0.39 is 0 Å². The van der Waals surface area contributed by atoms with E-state index in [-0.39, 0.29) is 0 Å². The van der Waals surface area contributed by atoms with Crippen molar-refractivity contribution in [2.75, 3.05) is 5.75 Å². The molecule has 2 heterocycles. The molecule has 0 radical (unpaired) electrons. The second kappa shape index (κ2) is 6.52. The SMILES string of the molecule is CC(Cc1ccsc1)NC1CCSc2ccc(Cl)cc21. The second-order valence-corrected chi connectivity index (χ2v) is 7.63. The molecule has 0 amide bonds. The lowest BCUT2D eigenvalue weighted by Crippen LogP contribution is -2.33. The lowest BCUT2D eigenvalue weighted by Gasteiger charge is -2.29. The van der Waals surface area contributed by atoms with E-state index in [1.54, 1.807) is 11.3 Å². The highest BCUT2D eigenvalue weighted by molar-refractivity contribution is 7.99. The molecule has 2 aromatic rings. The Hall–Kier alpha value is -0.480. The van der Waals surface area contributed by atoms with E-state index in [4.69, 9.17) is 11.6 Å². The molecule has 1 aliphatic heterocycles. The Morgan fingerprint density at radius 1 is 1.40 bits per heavy atom. The molecule has 1 aromatic heterocycles. The van der Waals surface area contributed by atoms with E-state index in [1.807, 2.05) is 17.8 Å². The topological polar surface area (TPSA) is 12.0 Å². The summed E-state index contributed by atoms with van der Waals surface area (Å²) in [5.74, 6) is 1.18. The van der Waals surface area contributed by atoms with Gasteiger partial charge in [-0.15, -0.1) is 11.8 Å². The van der Waals surface area contributed by atoms with Gasteiger partial charge >= 0.3 is 0 Å². The third-order valence-corrected chi connectivity index (χ3v) is 5.71. The van der Waals surface area contributed by atoms with E-state index in [9.17, 15) is 0 Å². The molecule has 0 fully saturated rings. The number of rotatable bonds is 4. The standard InChI is InChI=1S/C16H18ClNS2/c1-11(8-12-4-6-19-10-12)18-15-5-7-20-16-3-2-13(17)9-14(15)16/h2-4,6,9-11,15,18H,5,7-8H2,1H3. The number of halogens is 1. The van der Waals surface area contributed by atoms with Crippen LogP contribution in [0.25, 0.3) is 0 Å². The fraction of sp³-hybridized carbons (Fsp3) is 0.375. The lowest BCUT2D eigenvalue weighted by molar-refractivity contribution is 0.438. The largest absolute Gasteiger partial charge is 0.307 e. The molecule has 1 nitrogen and oxygen atoms in total. The van der Waals surface area contributed by atoms with Gasteiger partial charge in [0.05, 0.1) is 0 Å². The van der Waals surface area contributed by atoms with Crippen LogP contribution in [-0.4, -0.2) is 11.8 Å². The van der Waals surface area contributed by atoms with E-state index in [1.165, 1.54) is 28.2 Å². The van der Waals surface area contributed by atoms with E-state index in [0.717, 1.165) is 11.4 Å². The molecule has 0 saturated carbocycles. The van der Waals surface area contributed by atoms with Crippen molar-refractivity contribution >= 4 is 34.7 Å². The van der Waals surface area contributed by atoms with E-state index >= 15 is 0 Å². The minimum atomic E-state index is 0.429. The molecule has 1 aromatic carbocycles. The Morgan fingerprint density at radius 2 is 2.30 bits per heavy atom. The molecule has 0 spiro atoms. The average molecular weight is 324 g/mol. The van der Waals surface area contributed by atoms with Gasteiger partial charge in [-0.3, -0.25) is 0 Å². The van der Waals surface area contributed by atoms with Crippen LogP contribution < -0.4 is 5.32 Å². The monoisotopic (exact) mass is 323 g/mol. The molecule has 3 rings (SSSR count). The number of thioether (sulfide) groups is 1. The van der Waals surface area contributed by atoms with Crippen LogP contribution in [0.3, 0.4) is 0 Å². The van der Waals surface area contributed by atoms with Crippen molar-refractivity contribution in [2.24, 2.45) is 0 Å². The minimum Gasteiger partial charge on any atom is -0.307 e. The van der Waals surface area contributed by atoms with Crippen LogP contribution in [0.15, 0.2) is 39.9 Å². The second-order valence-electron chi connectivity index (χ2n) is 5.28. The fourth-order valence-electron chi connectivity index (χ4n) is 2.70. The summed E-state index contributed by atoms with van der Waals surface area (Å²) in [7, 11) is 0. The molecule has 1 aliphatic rings. The Kier molecular flexibility index (Phi) is 4.72. The smallest absolute Gasteiger partial charge is 0.0410 e. The van der Waals surface area contributed by atoms with Crippen LogP contribution in [0.4, 0.5) is 0 Å². The van der Waals surface area contributed by atoms with Crippen LogP contribution in [0.5, 0.6) is 0 Å². The molecule has 0 saturated heterocycles. The summed E-state index contributed by atoms with van der Waals surface area (Å²) in [5.41, 5.74) is 2.79. The summed E-state index contributed by atoms with van der Waals surface area (Å²) in [6, 6.07) is 9.38. The Labute approximate surface area is 133 Å². The first-order chi connectivity index (χ1) is 9.72. The number of benzene rings is 1. The predicted octanol–water partition coefficient (Wildman–Crippen LogP) is 5.16. The maximum Gasteiger partial charge on any atom is 0.0410 e. The first-order valence-corrected chi connectivity index (χ1v) is 9.22. The van der Waals surface area contributed by atoms with E-state index in [2.05, 4.69) is 41.2 Å². The van der Waals surface area contributed by atoms with Crippen LogP contribution in [0.1, 0.15) is 30.5 Å². The first-order valence-electron chi connectivity index (χ1n) is 6.92. The van der Waals surface area contributed by atoms with Crippen LogP contribution in [-0.2, 0) is 6.42 Å². The maximum atomic E-state index is 6.16. The number of thiophene rings is 1. The van der Waals surface area contributed by atoms with Gasteiger partial charge in [0.2, 0.25) is 0 Å². The van der Waals surface area contributed by atoms with Crippen molar-refractivity contribution in [3.05, 3.63) is 51.2 Å². The summed E-state index contributed by atoms with van der Waals surface area (Å²) in [5, 5.41) is 8.99. The molecule has 4 heteroatoms. The summed E-state index contributed by atoms with van der Waals surface area (Å²) in [4.78, 5) is 1.38. The van der Waals surface area contributed by atoms with Gasteiger partial charge in [-0.05, 0) is 71.7 Å². The van der Waals surface area contributed by atoms with Gasteiger partial charge in [0.1, 0.15) is 0 Å². The van der Waals surface area contributed by atoms with Crippen LogP contribution in [0, 0.1) is 0 Å². The van der Waals surface area contributed by atoms with Gasteiger partial charge in [-0.25, -0.2) is 0 Å². The lowest BCUT2D eigenvalue weighted by atomic mass is 10.0. The van der Waals surface area contributed by atoms with Crippen LogP contribution >= 0.6 is 34.7 Å². The first kappa shape index (κ1) is 14.5. The zero-order valence-electron chi connectivity index (χ0n) is 11.4. The minimum absolute atomic E-state index is 0.429. The van der Waals surface area contributed by atoms with Crippen LogP contribution in [0.2, 0.25) is 5.02 Å². The zero-order chi connectivity index (χ0) is 13.9. The highest BCUT2D eigenvalue weighted by Gasteiger charge is 2.22. The van der Waals surface area contributed by atoms with Crippen molar-refractivity contribution in [2.45, 2.75) is 36.7 Å². The van der Waals surface area contributed by atoms with Gasteiger partial charge in [-0.1, -0.05) is 11.6 Å². The third-order valence-electron chi connectivity index (χ3n) is 3.62. The molecule has 106 valence electrons. The maximum absolute atomic E-state index is 6.16. The zero-order valence-corrected chi connectivity index (χ0v) is 13.8. The predicted molar refractivity (Wildman–Crippen MR) is 90.2 cm³/mol. The molecule has 0 aliphatic carbocycles. The van der Waals surface area contributed by atoms with Gasteiger partial charge < -0.3 is 5.32 Å². The highest BCUT2D eigenvalue weighted by Crippen LogP contribution is 2.37.